The van der Waals surface area contributed by atoms with Crippen molar-refractivity contribution >= 4 is 16.0 Å². The largest absolute Gasteiger partial charge is 0.330 e. The van der Waals surface area contributed by atoms with Crippen LogP contribution >= 0.6 is 0 Å². The molecule has 0 bridgehead atoms. The van der Waals surface area contributed by atoms with Crippen molar-refractivity contribution in [2.45, 2.75) is 12.8 Å². The minimum atomic E-state index is -3.53. The Morgan fingerprint density at radius 1 is 1.44 bits per heavy atom. The van der Waals surface area contributed by atoms with Gasteiger partial charge in [0.2, 0.25) is 0 Å². The lowest BCUT2D eigenvalue weighted by Crippen LogP contribution is -2.42. The van der Waals surface area contributed by atoms with E-state index < -0.39 is 10.2 Å². The maximum Gasteiger partial charge on any atom is 0.302 e. The molecule has 1 saturated heterocycles. The summed E-state index contributed by atoms with van der Waals surface area (Å²) in [4.78, 5) is 0. The average Bonchev–Trinajstić information content (AvgIpc) is 2.39. The van der Waals surface area contributed by atoms with Crippen LogP contribution in [0.25, 0.3) is 0 Å². The van der Waals surface area contributed by atoms with Gasteiger partial charge in [-0.3, -0.25) is 4.72 Å². The van der Waals surface area contributed by atoms with Crippen molar-refractivity contribution in [2.24, 2.45) is 11.7 Å². The number of rotatable bonds is 4. The predicted octanol–water partition coefficient (Wildman–Crippen LogP) is -0.196. The molecular formula is C10H17N5O2S. The average molecular weight is 271 g/mol. The molecule has 100 valence electrons. The van der Waals surface area contributed by atoms with Gasteiger partial charge in [-0.2, -0.15) is 17.8 Å². The number of nitrogens with two attached hydrogens (primary N) is 1. The summed E-state index contributed by atoms with van der Waals surface area (Å²) in [5.41, 5.74) is 5.58. The quantitative estimate of drug-likeness (QED) is 0.790. The molecule has 18 heavy (non-hydrogen) atoms. The Kier molecular flexibility index (Phi) is 4.10. The normalized spacial score (nSPS) is 18.7. The van der Waals surface area contributed by atoms with E-state index in [0.29, 0.717) is 25.6 Å². The summed E-state index contributed by atoms with van der Waals surface area (Å²) in [6.45, 7) is 1.61. The molecule has 7 nitrogen and oxygen atoms in total. The number of piperidine rings is 1. The van der Waals surface area contributed by atoms with Gasteiger partial charge in [0.1, 0.15) is 0 Å². The van der Waals surface area contributed by atoms with Gasteiger partial charge in [0, 0.05) is 19.3 Å². The van der Waals surface area contributed by atoms with Crippen molar-refractivity contribution in [2.75, 3.05) is 24.4 Å². The van der Waals surface area contributed by atoms with E-state index in [0.717, 1.165) is 12.8 Å². The topological polar surface area (TPSA) is 101 Å². The molecule has 1 aliphatic heterocycles. The van der Waals surface area contributed by atoms with E-state index in [4.69, 9.17) is 5.73 Å². The van der Waals surface area contributed by atoms with Gasteiger partial charge >= 0.3 is 10.2 Å². The monoisotopic (exact) mass is 271 g/mol. The Bertz CT molecular complexity index is 470. The minimum Gasteiger partial charge on any atom is -0.330 e. The molecule has 0 radical (unpaired) electrons. The molecule has 2 heterocycles. The van der Waals surface area contributed by atoms with Crippen molar-refractivity contribution < 1.29 is 8.42 Å². The highest BCUT2D eigenvalue weighted by Gasteiger charge is 2.27. The highest BCUT2D eigenvalue weighted by atomic mass is 32.2. The van der Waals surface area contributed by atoms with E-state index in [1.807, 2.05) is 0 Å². The van der Waals surface area contributed by atoms with Crippen molar-refractivity contribution in [1.82, 2.24) is 14.5 Å². The summed E-state index contributed by atoms with van der Waals surface area (Å²) in [5, 5.41) is 7.33. The molecule has 0 unspecified atom stereocenters. The maximum absolute atomic E-state index is 12.1. The first-order valence-corrected chi connectivity index (χ1v) is 7.31. The van der Waals surface area contributed by atoms with Crippen LogP contribution in [0.2, 0.25) is 0 Å². The summed E-state index contributed by atoms with van der Waals surface area (Å²) in [6, 6.07) is 3.20. The lowest BCUT2D eigenvalue weighted by Gasteiger charge is -2.30. The minimum absolute atomic E-state index is 0.235. The van der Waals surface area contributed by atoms with E-state index in [-0.39, 0.29) is 5.82 Å². The zero-order valence-electron chi connectivity index (χ0n) is 9.99. The number of nitrogens with zero attached hydrogens (tertiary/aromatic N) is 3. The van der Waals surface area contributed by atoms with Gasteiger partial charge in [-0.25, -0.2) is 0 Å². The zero-order chi connectivity index (χ0) is 13.0. The van der Waals surface area contributed by atoms with Crippen molar-refractivity contribution in [1.29, 1.82) is 0 Å². The first kappa shape index (κ1) is 13.2. The first-order valence-electron chi connectivity index (χ1n) is 5.87. The fourth-order valence-electron chi connectivity index (χ4n) is 1.94. The van der Waals surface area contributed by atoms with Crippen LogP contribution in [0.1, 0.15) is 12.8 Å². The summed E-state index contributed by atoms with van der Waals surface area (Å²) in [6.07, 6.45) is 3.10. The van der Waals surface area contributed by atoms with E-state index in [2.05, 4.69) is 14.9 Å². The molecular weight excluding hydrogens is 254 g/mol. The fourth-order valence-corrected chi connectivity index (χ4v) is 3.13. The maximum atomic E-state index is 12.1. The number of aromatic nitrogens is 2. The van der Waals surface area contributed by atoms with Gasteiger partial charge in [0.15, 0.2) is 5.82 Å². The lowest BCUT2D eigenvalue weighted by molar-refractivity contribution is 0.280. The smallest absolute Gasteiger partial charge is 0.302 e. The molecule has 0 aliphatic carbocycles. The molecule has 2 rings (SSSR count). The van der Waals surface area contributed by atoms with Gasteiger partial charge < -0.3 is 5.73 Å². The van der Waals surface area contributed by atoms with Crippen LogP contribution in [0.5, 0.6) is 0 Å². The van der Waals surface area contributed by atoms with E-state index in [1.165, 1.54) is 10.5 Å². The van der Waals surface area contributed by atoms with Gasteiger partial charge in [0.05, 0.1) is 0 Å². The first-order chi connectivity index (χ1) is 8.62. The van der Waals surface area contributed by atoms with Crippen LogP contribution in [0, 0.1) is 5.92 Å². The number of hydrogen-bond acceptors (Lipinski definition) is 5. The Balaban J connectivity index is 2.00. The van der Waals surface area contributed by atoms with Gasteiger partial charge in [-0.15, -0.1) is 5.10 Å². The van der Waals surface area contributed by atoms with E-state index in [9.17, 15) is 8.42 Å². The van der Waals surface area contributed by atoms with Crippen molar-refractivity contribution in [3.63, 3.8) is 0 Å². The standard InChI is InChI=1S/C10H17N5O2S/c11-8-9-3-6-15(7-4-9)18(16,17)14-10-2-1-5-12-13-10/h1-2,5,9H,3-4,6-8,11H2,(H,13,14). The second-order valence-corrected chi connectivity index (χ2v) is 5.96. The Morgan fingerprint density at radius 2 is 2.17 bits per heavy atom. The molecule has 1 aromatic heterocycles. The van der Waals surface area contributed by atoms with E-state index >= 15 is 0 Å². The van der Waals surface area contributed by atoms with Gasteiger partial charge in [-0.1, -0.05) is 0 Å². The van der Waals surface area contributed by atoms with Crippen LogP contribution in [-0.2, 0) is 10.2 Å². The fraction of sp³-hybridized carbons (Fsp3) is 0.600. The van der Waals surface area contributed by atoms with Gasteiger partial charge in [-0.05, 0) is 37.4 Å². The van der Waals surface area contributed by atoms with E-state index in [1.54, 1.807) is 12.1 Å². The Labute approximate surface area is 107 Å². The molecule has 1 aromatic rings. The third-order valence-electron chi connectivity index (χ3n) is 3.05. The molecule has 1 fully saturated rings. The summed E-state index contributed by atoms with van der Waals surface area (Å²) < 4.78 is 28.0. The highest BCUT2D eigenvalue weighted by molar-refractivity contribution is 7.90. The molecule has 0 saturated carbocycles. The van der Waals surface area contributed by atoms with Crippen LogP contribution < -0.4 is 10.5 Å². The predicted molar refractivity (Wildman–Crippen MR) is 67.9 cm³/mol. The summed E-state index contributed by atoms with van der Waals surface area (Å²) in [7, 11) is -3.53. The van der Waals surface area contributed by atoms with Gasteiger partial charge in [0.25, 0.3) is 0 Å². The molecule has 1 aliphatic rings. The third-order valence-corrected chi connectivity index (χ3v) is 4.56. The number of hydrogen-bond donors (Lipinski definition) is 2. The van der Waals surface area contributed by atoms with Crippen LogP contribution in [0.3, 0.4) is 0 Å². The zero-order valence-corrected chi connectivity index (χ0v) is 10.8. The third kappa shape index (κ3) is 3.15. The van der Waals surface area contributed by atoms with Crippen molar-refractivity contribution in [3.05, 3.63) is 18.3 Å². The Hall–Kier alpha value is -1.25. The lowest BCUT2D eigenvalue weighted by atomic mass is 9.99. The summed E-state index contributed by atoms with van der Waals surface area (Å²) in [5.74, 6) is 0.659. The SMILES string of the molecule is NCC1CCN(S(=O)(=O)Nc2cccnn2)CC1. The van der Waals surface area contributed by atoms with Crippen LogP contribution in [0.15, 0.2) is 18.3 Å². The summed E-state index contributed by atoms with van der Waals surface area (Å²) >= 11 is 0. The number of anilines is 1. The highest BCUT2D eigenvalue weighted by Crippen LogP contribution is 2.19. The second kappa shape index (κ2) is 5.59. The molecule has 0 aromatic carbocycles. The van der Waals surface area contributed by atoms with Crippen molar-refractivity contribution in [3.8, 4) is 0 Å². The Morgan fingerprint density at radius 3 is 2.72 bits per heavy atom. The van der Waals surface area contributed by atoms with Crippen LogP contribution in [-0.4, -0.2) is 42.6 Å². The molecule has 3 N–H and O–H groups in total. The molecule has 0 atom stereocenters. The number of nitrogens with one attached hydrogen (secondary N) is 1. The second-order valence-electron chi connectivity index (χ2n) is 4.29. The molecule has 0 amide bonds. The molecule has 0 spiro atoms. The molecule has 8 heteroatoms. The van der Waals surface area contributed by atoms with Crippen LogP contribution in [0.4, 0.5) is 5.82 Å².